The Morgan fingerprint density at radius 3 is 2.20 bits per heavy atom. The number of benzene rings is 3. The third-order valence-corrected chi connectivity index (χ3v) is 8.35. The second-order valence-electron chi connectivity index (χ2n) is 10.2. The number of amides is 2. The van der Waals surface area contributed by atoms with E-state index < -0.39 is 28.5 Å². The first-order chi connectivity index (χ1) is 18.9. The maximum absolute atomic E-state index is 14.1. The highest BCUT2D eigenvalue weighted by molar-refractivity contribution is 7.92. The minimum Gasteiger partial charge on any atom is -0.352 e. The quantitative estimate of drug-likeness (QED) is 0.314. The number of carbonyl (C=O) groups is 2. The van der Waals surface area contributed by atoms with Gasteiger partial charge in [0, 0.05) is 24.0 Å². The molecule has 0 saturated carbocycles. The molecule has 0 bridgehead atoms. The fourth-order valence-electron chi connectivity index (χ4n) is 4.32. The molecule has 2 amide bonds. The van der Waals surface area contributed by atoms with Crippen LogP contribution in [0.25, 0.3) is 0 Å². The average Bonchev–Trinajstić information content (AvgIpc) is 2.90. The molecule has 0 fully saturated rings. The van der Waals surface area contributed by atoms with Crippen LogP contribution in [0.3, 0.4) is 0 Å². The summed E-state index contributed by atoms with van der Waals surface area (Å²) in [6.07, 6.45) is 2.06. The van der Waals surface area contributed by atoms with Crippen LogP contribution >= 0.6 is 11.6 Å². The van der Waals surface area contributed by atoms with Crippen molar-refractivity contribution in [2.24, 2.45) is 0 Å². The van der Waals surface area contributed by atoms with Crippen molar-refractivity contribution in [3.05, 3.63) is 100 Å². The molecule has 0 unspecified atom stereocenters. The molecule has 0 saturated heterocycles. The fraction of sp³-hybridized carbons (Fsp3) is 0.355. The van der Waals surface area contributed by atoms with E-state index in [-0.39, 0.29) is 24.9 Å². The van der Waals surface area contributed by atoms with Gasteiger partial charge in [-0.2, -0.15) is 0 Å². The molecule has 0 aliphatic rings. The summed E-state index contributed by atoms with van der Waals surface area (Å²) < 4.78 is 26.9. The van der Waals surface area contributed by atoms with Crippen molar-refractivity contribution >= 4 is 39.1 Å². The van der Waals surface area contributed by atoms with Gasteiger partial charge in [-0.05, 0) is 73.7 Å². The molecule has 40 heavy (non-hydrogen) atoms. The summed E-state index contributed by atoms with van der Waals surface area (Å²) in [4.78, 5) is 29.3. The number of carbonyl (C=O) groups excluding carboxylic acids is 2. The lowest BCUT2D eigenvalue weighted by atomic mass is 10.0. The Bertz CT molecular complexity index is 1430. The van der Waals surface area contributed by atoms with E-state index in [1.165, 1.54) is 4.90 Å². The van der Waals surface area contributed by atoms with Crippen LogP contribution in [0, 0.1) is 13.8 Å². The van der Waals surface area contributed by atoms with Gasteiger partial charge in [-0.25, -0.2) is 8.42 Å². The van der Waals surface area contributed by atoms with Gasteiger partial charge in [0.25, 0.3) is 0 Å². The minimum absolute atomic E-state index is 0.0787. The molecule has 0 spiro atoms. The normalized spacial score (nSPS) is 12.8. The zero-order valence-electron chi connectivity index (χ0n) is 23.7. The number of hydrogen-bond acceptors (Lipinski definition) is 4. The Hall–Kier alpha value is -3.36. The van der Waals surface area contributed by atoms with Crippen molar-refractivity contribution in [2.45, 2.75) is 59.2 Å². The Labute approximate surface area is 243 Å². The molecule has 3 aromatic rings. The number of anilines is 1. The summed E-state index contributed by atoms with van der Waals surface area (Å²) in [6, 6.07) is 20.8. The molecule has 9 heteroatoms. The van der Waals surface area contributed by atoms with Crippen LogP contribution in [-0.2, 0) is 32.6 Å². The van der Waals surface area contributed by atoms with Crippen LogP contribution in [0.5, 0.6) is 0 Å². The standard InChI is InChI=1S/C31H38ClN3O4S/c1-6-24(4)33-31(37)29(19-25-11-8-7-9-12-25)34(20-26-13-10-14-27(32)18-26)30(36)21-35(40(5,38)39)28-16-15-22(2)23(3)17-28/h7-18,24,29H,6,19-21H2,1-5H3,(H,33,37)/t24-,29-/m0/s1. The first-order valence-electron chi connectivity index (χ1n) is 13.3. The summed E-state index contributed by atoms with van der Waals surface area (Å²) in [7, 11) is -3.82. The van der Waals surface area contributed by atoms with Crippen LogP contribution in [0.2, 0.25) is 5.02 Å². The van der Waals surface area contributed by atoms with Gasteiger partial charge in [0.05, 0.1) is 11.9 Å². The molecule has 0 radical (unpaired) electrons. The number of nitrogens with zero attached hydrogens (tertiary/aromatic N) is 2. The predicted molar refractivity (Wildman–Crippen MR) is 162 cm³/mol. The Morgan fingerprint density at radius 1 is 0.925 bits per heavy atom. The molecule has 1 N–H and O–H groups in total. The second kappa shape index (κ2) is 13.8. The van der Waals surface area contributed by atoms with Gasteiger partial charge in [-0.1, -0.05) is 67.1 Å². The van der Waals surface area contributed by atoms with Crippen LogP contribution in [-0.4, -0.2) is 50.0 Å². The molecule has 0 aromatic heterocycles. The Kier molecular flexibility index (Phi) is 10.8. The highest BCUT2D eigenvalue weighted by Gasteiger charge is 2.33. The molecule has 0 heterocycles. The van der Waals surface area contributed by atoms with E-state index in [4.69, 9.17) is 11.6 Å². The summed E-state index contributed by atoms with van der Waals surface area (Å²) in [5.74, 6) is -0.797. The second-order valence-corrected chi connectivity index (χ2v) is 12.6. The van der Waals surface area contributed by atoms with Crippen LogP contribution < -0.4 is 9.62 Å². The Balaban J connectivity index is 2.07. The highest BCUT2D eigenvalue weighted by atomic mass is 35.5. The topological polar surface area (TPSA) is 86.8 Å². The van der Waals surface area contributed by atoms with Crippen LogP contribution in [0.15, 0.2) is 72.8 Å². The lowest BCUT2D eigenvalue weighted by Crippen LogP contribution is -2.54. The molecule has 3 rings (SSSR count). The van der Waals surface area contributed by atoms with Gasteiger partial charge >= 0.3 is 0 Å². The largest absolute Gasteiger partial charge is 0.352 e. The molecule has 3 aromatic carbocycles. The monoisotopic (exact) mass is 583 g/mol. The van der Waals surface area contributed by atoms with Gasteiger partial charge in [-0.3, -0.25) is 13.9 Å². The number of sulfonamides is 1. The van der Waals surface area contributed by atoms with E-state index in [9.17, 15) is 18.0 Å². The summed E-state index contributed by atoms with van der Waals surface area (Å²) in [6.45, 7) is 7.33. The molecular weight excluding hydrogens is 546 g/mol. The minimum atomic E-state index is -3.82. The third-order valence-electron chi connectivity index (χ3n) is 6.97. The molecule has 7 nitrogen and oxygen atoms in total. The van der Waals surface area contributed by atoms with E-state index in [1.54, 1.807) is 30.3 Å². The van der Waals surface area contributed by atoms with E-state index >= 15 is 0 Å². The smallest absolute Gasteiger partial charge is 0.244 e. The van der Waals surface area contributed by atoms with Crippen LogP contribution in [0.1, 0.15) is 42.5 Å². The molecule has 214 valence electrons. The first-order valence-corrected chi connectivity index (χ1v) is 15.5. The number of hydrogen-bond donors (Lipinski definition) is 1. The highest BCUT2D eigenvalue weighted by Crippen LogP contribution is 2.23. The van der Waals surface area contributed by atoms with Gasteiger partial charge in [0.2, 0.25) is 21.8 Å². The van der Waals surface area contributed by atoms with E-state index in [1.807, 2.05) is 70.2 Å². The van der Waals surface area contributed by atoms with Gasteiger partial charge in [-0.15, -0.1) is 0 Å². The summed E-state index contributed by atoms with van der Waals surface area (Å²) in [5.41, 5.74) is 3.92. The van der Waals surface area contributed by atoms with Crippen LogP contribution in [0.4, 0.5) is 5.69 Å². The van der Waals surface area contributed by atoms with Crippen molar-refractivity contribution in [1.29, 1.82) is 0 Å². The Morgan fingerprint density at radius 2 is 1.60 bits per heavy atom. The van der Waals surface area contributed by atoms with Gasteiger partial charge in [0.1, 0.15) is 12.6 Å². The maximum atomic E-state index is 14.1. The molecular formula is C31H38ClN3O4S. The van der Waals surface area contributed by atoms with Crippen molar-refractivity contribution in [3.63, 3.8) is 0 Å². The van der Waals surface area contributed by atoms with Crippen molar-refractivity contribution in [2.75, 3.05) is 17.1 Å². The van der Waals surface area contributed by atoms with Crippen molar-refractivity contribution < 1.29 is 18.0 Å². The number of nitrogens with one attached hydrogen (secondary N) is 1. The summed E-state index contributed by atoms with van der Waals surface area (Å²) >= 11 is 6.25. The molecule has 0 aliphatic carbocycles. The predicted octanol–water partition coefficient (Wildman–Crippen LogP) is 5.28. The lowest BCUT2D eigenvalue weighted by Gasteiger charge is -2.34. The van der Waals surface area contributed by atoms with E-state index in [0.717, 1.165) is 39.2 Å². The van der Waals surface area contributed by atoms with Crippen molar-refractivity contribution in [1.82, 2.24) is 10.2 Å². The zero-order chi connectivity index (χ0) is 29.4. The van der Waals surface area contributed by atoms with E-state index in [0.29, 0.717) is 10.7 Å². The zero-order valence-corrected chi connectivity index (χ0v) is 25.3. The average molecular weight is 584 g/mol. The fourth-order valence-corrected chi connectivity index (χ4v) is 5.38. The van der Waals surface area contributed by atoms with Gasteiger partial charge in [0.15, 0.2) is 0 Å². The number of rotatable bonds is 12. The van der Waals surface area contributed by atoms with E-state index in [2.05, 4.69) is 5.32 Å². The number of halogens is 1. The first kappa shape index (κ1) is 31.2. The third kappa shape index (κ3) is 8.57. The molecule has 2 atom stereocenters. The summed E-state index contributed by atoms with van der Waals surface area (Å²) in [5, 5.41) is 3.52. The maximum Gasteiger partial charge on any atom is 0.244 e. The SMILES string of the molecule is CC[C@H](C)NC(=O)[C@H](Cc1ccccc1)N(Cc1cccc(Cl)c1)C(=O)CN(c1ccc(C)c(C)c1)S(C)(=O)=O. The number of aryl methyl sites for hydroxylation is 2. The lowest BCUT2D eigenvalue weighted by molar-refractivity contribution is -0.140. The van der Waals surface area contributed by atoms with Crippen molar-refractivity contribution in [3.8, 4) is 0 Å². The molecule has 0 aliphatic heterocycles. The van der Waals surface area contributed by atoms with Gasteiger partial charge < -0.3 is 10.2 Å².